The lowest BCUT2D eigenvalue weighted by atomic mass is 10.2. The van der Waals surface area contributed by atoms with Gasteiger partial charge in [-0.05, 0) is 29.8 Å². The van der Waals surface area contributed by atoms with Crippen molar-refractivity contribution in [2.75, 3.05) is 5.73 Å². The van der Waals surface area contributed by atoms with Crippen LogP contribution in [0.15, 0.2) is 36.4 Å². The van der Waals surface area contributed by atoms with E-state index in [1.807, 2.05) is 12.1 Å². The Hall–Kier alpha value is -1.78. The van der Waals surface area contributed by atoms with Gasteiger partial charge in [-0.15, -0.1) is 0 Å². The van der Waals surface area contributed by atoms with Gasteiger partial charge in [0.05, 0.1) is 0 Å². The molecule has 1 amide bonds. The molecule has 2 aromatic rings. The fourth-order valence-corrected chi connectivity index (χ4v) is 1.88. The molecule has 0 saturated carbocycles. The molecular formula is C13H11Cl2N3O. The maximum absolute atomic E-state index is 11.9. The van der Waals surface area contributed by atoms with E-state index in [0.29, 0.717) is 17.1 Å². The molecule has 0 saturated heterocycles. The smallest absolute Gasteiger partial charge is 0.251 e. The van der Waals surface area contributed by atoms with E-state index in [9.17, 15) is 4.79 Å². The van der Waals surface area contributed by atoms with E-state index in [-0.39, 0.29) is 16.9 Å². The zero-order valence-electron chi connectivity index (χ0n) is 9.86. The van der Waals surface area contributed by atoms with Crippen LogP contribution < -0.4 is 11.1 Å². The third-order valence-electron chi connectivity index (χ3n) is 2.44. The minimum Gasteiger partial charge on any atom is -0.384 e. The molecule has 6 heteroatoms. The summed E-state index contributed by atoms with van der Waals surface area (Å²) in [7, 11) is 0. The van der Waals surface area contributed by atoms with E-state index in [4.69, 9.17) is 28.9 Å². The van der Waals surface area contributed by atoms with Crippen molar-refractivity contribution in [1.29, 1.82) is 0 Å². The van der Waals surface area contributed by atoms with E-state index < -0.39 is 0 Å². The maximum Gasteiger partial charge on any atom is 0.251 e. The normalized spacial score (nSPS) is 10.2. The number of nitrogens with one attached hydrogen (secondary N) is 1. The number of rotatable bonds is 3. The first-order chi connectivity index (χ1) is 9.04. The Morgan fingerprint density at radius 3 is 2.53 bits per heavy atom. The van der Waals surface area contributed by atoms with Gasteiger partial charge in [-0.25, -0.2) is 4.98 Å². The second kappa shape index (κ2) is 5.91. The Morgan fingerprint density at radius 2 is 1.89 bits per heavy atom. The van der Waals surface area contributed by atoms with Crippen molar-refractivity contribution in [1.82, 2.24) is 10.3 Å². The number of nitrogens with zero attached hydrogens (tertiary/aromatic N) is 1. The SMILES string of the molecule is Nc1cc(C(=O)NCc2ccc(Cl)cc2)cc(Cl)n1. The summed E-state index contributed by atoms with van der Waals surface area (Å²) in [6.07, 6.45) is 0. The van der Waals surface area contributed by atoms with Gasteiger partial charge in [-0.1, -0.05) is 35.3 Å². The van der Waals surface area contributed by atoms with E-state index in [0.717, 1.165) is 5.56 Å². The molecule has 0 atom stereocenters. The van der Waals surface area contributed by atoms with Crippen LogP contribution in [-0.4, -0.2) is 10.9 Å². The van der Waals surface area contributed by atoms with Gasteiger partial charge < -0.3 is 11.1 Å². The molecule has 0 bridgehead atoms. The molecule has 0 aliphatic rings. The highest BCUT2D eigenvalue weighted by Crippen LogP contribution is 2.13. The molecular weight excluding hydrogens is 285 g/mol. The van der Waals surface area contributed by atoms with Gasteiger partial charge >= 0.3 is 0 Å². The van der Waals surface area contributed by atoms with Gasteiger partial charge in [0.1, 0.15) is 11.0 Å². The lowest BCUT2D eigenvalue weighted by Gasteiger charge is -2.06. The predicted molar refractivity (Wildman–Crippen MR) is 76.3 cm³/mol. The minimum absolute atomic E-state index is 0.191. The van der Waals surface area contributed by atoms with Crippen molar-refractivity contribution < 1.29 is 4.79 Å². The molecule has 1 aromatic heterocycles. The molecule has 1 aromatic carbocycles. The highest BCUT2D eigenvalue weighted by atomic mass is 35.5. The molecule has 19 heavy (non-hydrogen) atoms. The Bertz CT molecular complexity index is 579. The second-order valence-corrected chi connectivity index (χ2v) is 4.74. The number of amides is 1. The fraction of sp³-hybridized carbons (Fsp3) is 0.0769. The Labute approximate surface area is 120 Å². The van der Waals surface area contributed by atoms with Crippen LogP contribution in [0.4, 0.5) is 5.82 Å². The first-order valence-electron chi connectivity index (χ1n) is 5.50. The largest absolute Gasteiger partial charge is 0.384 e. The monoisotopic (exact) mass is 295 g/mol. The summed E-state index contributed by atoms with van der Waals surface area (Å²) in [5.74, 6) is -0.0462. The number of hydrogen-bond donors (Lipinski definition) is 2. The van der Waals surface area contributed by atoms with Crippen LogP contribution in [0.2, 0.25) is 10.2 Å². The van der Waals surface area contributed by atoms with E-state index >= 15 is 0 Å². The Morgan fingerprint density at radius 1 is 1.21 bits per heavy atom. The number of hydrogen-bond acceptors (Lipinski definition) is 3. The lowest BCUT2D eigenvalue weighted by molar-refractivity contribution is 0.0951. The second-order valence-electron chi connectivity index (χ2n) is 3.91. The van der Waals surface area contributed by atoms with Crippen LogP contribution in [0.3, 0.4) is 0 Å². The third kappa shape index (κ3) is 3.84. The molecule has 2 rings (SSSR count). The summed E-state index contributed by atoms with van der Waals surface area (Å²) >= 11 is 11.5. The molecule has 0 aliphatic carbocycles. The van der Waals surface area contributed by atoms with Gasteiger partial charge in [0.15, 0.2) is 0 Å². The number of nitrogen functional groups attached to an aromatic ring is 1. The van der Waals surface area contributed by atoms with Crippen molar-refractivity contribution in [2.24, 2.45) is 0 Å². The molecule has 0 spiro atoms. The van der Waals surface area contributed by atoms with E-state index in [1.54, 1.807) is 12.1 Å². The molecule has 0 radical (unpaired) electrons. The maximum atomic E-state index is 11.9. The molecule has 4 nitrogen and oxygen atoms in total. The van der Waals surface area contributed by atoms with Gasteiger partial charge in [-0.2, -0.15) is 0 Å². The number of benzene rings is 1. The van der Waals surface area contributed by atoms with Gasteiger partial charge in [0, 0.05) is 17.1 Å². The first kappa shape index (κ1) is 13.6. The van der Waals surface area contributed by atoms with Crippen LogP contribution in [-0.2, 0) is 6.54 Å². The van der Waals surface area contributed by atoms with Crippen molar-refractivity contribution in [3.63, 3.8) is 0 Å². The number of nitrogens with two attached hydrogens (primary N) is 1. The van der Waals surface area contributed by atoms with Gasteiger partial charge in [0.2, 0.25) is 0 Å². The Kier molecular flexibility index (Phi) is 4.24. The molecule has 0 aliphatic heterocycles. The number of carbonyl (C=O) groups excluding carboxylic acids is 1. The summed E-state index contributed by atoms with van der Waals surface area (Å²) in [4.78, 5) is 15.7. The highest BCUT2D eigenvalue weighted by molar-refractivity contribution is 6.30. The third-order valence-corrected chi connectivity index (χ3v) is 2.89. The predicted octanol–water partition coefficient (Wildman–Crippen LogP) is 2.90. The van der Waals surface area contributed by atoms with Crippen LogP contribution in [0.25, 0.3) is 0 Å². The summed E-state index contributed by atoms with van der Waals surface area (Å²) in [5, 5.41) is 3.61. The number of aromatic nitrogens is 1. The topological polar surface area (TPSA) is 68.0 Å². The summed E-state index contributed by atoms with van der Waals surface area (Å²) < 4.78 is 0. The minimum atomic E-state index is -0.258. The summed E-state index contributed by atoms with van der Waals surface area (Å²) in [6, 6.07) is 10.2. The van der Waals surface area contributed by atoms with Crippen LogP contribution in [0.1, 0.15) is 15.9 Å². The average Bonchev–Trinajstić information content (AvgIpc) is 2.36. The van der Waals surface area contributed by atoms with E-state index in [2.05, 4.69) is 10.3 Å². The molecule has 98 valence electrons. The number of pyridine rings is 1. The van der Waals surface area contributed by atoms with Gasteiger partial charge in [0.25, 0.3) is 5.91 Å². The Balaban J connectivity index is 2.03. The summed E-state index contributed by atoms with van der Waals surface area (Å²) in [6.45, 7) is 0.399. The van der Waals surface area contributed by atoms with Crippen LogP contribution >= 0.6 is 23.2 Å². The first-order valence-corrected chi connectivity index (χ1v) is 6.26. The van der Waals surface area contributed by atoms with Crippen molar-refractivity contribution in [3.8, 4) is 0 Å². The van der Waals surface area contributed by atoms with Crippen LogP contribution in [0, 0.1) is 0 Å². The number of halogens is 2. The zero-order chi connectivity index (χ0) is 13.8. The van der Waals surface area contributed by atoms with Crippen molar-refractivity contribution in [3.05, 3.63) is 57.7 Å². The average molecular weight is 296 g/mol. The van der Waals surface area contributed by atoms with E-state index in [1.165, 1.54) is 12.1 Å². The quantitative estimate of drug-likeness (QED) is 0.856. The zero-order valence-corrected chi connectivity index (χ0v) is 11.4. The fourth-order valence-electron chi connectivity index (χ4n) is 1.53. The molecule has 0 unspecified atom stereocenters. The van der Waals surface area contributed by atoms with Crippen LogP contribution in [0.5, 0.6) is 0 Å². The van der Waals surface area contributed by atoms with Gasteiger partial charge in [-0.3, -0.25) is 4.79 Å². The van der Waals surface area contributed by atoms with Crippen molar-refractivity contribution >= 4 is 34.9 Å². The summed E-state index contributed by atoms with van der Waals surface area (Å²) in [5.41, 5.74) is 6.86. The standard InChI is InChI=1S/C13H11Cl2N3O/c14-10-3-1-8(2-4-10)7-17-13(19)9-5-11(15)18-12(16)6-9/h1-6H,7H2,(H2,16,18)(H,17,19). The molecule has 3 N–H and O–H groups in total. The highest BCUT2D eigenvalue weighted by Gasteiger charge is 2.08. The lowest BCUT2D eigenvalue weighted by Crippen LogP contribution is -2.23. The van der Waals surface area contributed by atoms with Crippen molar-refractivity contribution in [2.45, 2.75) is 6.54 Å². The molecule has 0 fully saturated rings. The number of carbonyl (C=O) groups is 1. The number of anilines is 1. The molecule has 1 heterocycles.